The van der Waals surface area contributed by atoms with Gasteiger partial charge in [0.2, 0.25) is 5.88 Å². The van der Waals surface area contributed by atoms with Gasteiger partial charge in [0.15, 0.2) is 0 Å². The number of aryl methyl sites for hydroxylation is 1. The maximum absolute atomic E-state index is 5.93. The van der Waals surface area contributed by atoms with Crippen LogP contribution in [0.3, 0.4) is 0 Å². The molecule has 0 atom stereocenters. The molecule has 1 N–H and O–H groups in total. The van der Waals surface area contributed by atoms with Crippen molar-refractivity contribution in [2.45, 2.75) is 26.3 Å². The molecule has 0 radical (unpaired) electrons. The third-order valence-electron chi connectivity index (χ3n) is 3.36. The summed E-state index contributed by atoms with van der Waals surface area (Å²) in [5.74, 6) is 1.51. The van der Waals surface area contributed by atoms with E-state index in [9.17, 15) is 0 Å². The number of ether oxygens (including phenoxy) is 1. The lowest BCUT2D eigenvalue weighted by atomic mass is 10.1. The van der Waals surface area contributed by atoms with E-state index in [1.54, 1.807) is 6.33 Å². The van der Waals surface area contributed by atoms with E-state index in [-0.39, 0.29) is 0 Å². The quantitative estimate of drug-likeness (QED) is 0.915. The molecule has 0 fully saturated rings. The van der Waals surface area contributed by atoms with Gasteiger partial charge < -0.3 is 10.1 Å². The topological polar surface area (TPSA) is 47.0 Å². The number of benzene rings is 1. The predicted octanol–water partition coefficient (Wildman–Crippen LogP) is 2.48. The SMILES string of the molecule is CCc1cccc(Oc2ncnc3c2CNCC3)c1. The highest BCUT2D eigenvalue weighted by atomic mass is 16.5. The summed E-state index contributed by atoms with van der Waals surface area (Å²) in [5.41, 5.74) is 3.43. The van der Waals surface area contributed by atoms with Gasteiger partial charge in [0, 0.05) is 19.5 Å². The Morgan fingerprint density at radius 3 is 3.16 bits per heavy atom. The van der Waals surface area contributed by atoms with Gasteiger partial charge in [-0.3, -0.25) is 0 Å². The van der Waals surface area contributed by atoms with E-state index in [0.717, 1.165) is 42.9 Å². The Bertz CT molecular complexity index is 583. The summed E-state index contributed by atoms with van der Waals surface area (Å²) in [4.78, 5) is 8.59. The highest BCUT2D eigenvalue weighted by Crippen LogP contribution is 2.26. The summed E-state index contributed by atoms with van der Waals surface area (Å²) in [6, 6.07) is 8.14. The zero-order valence-electron chi connectivity index (χ0n) is 11.0. The van der Waals surface area contributed by atoms with Crippen molar-refractivity contribution in [2.75, 3.05) is 6.54 Å². The third kappa shape index (κ3) is 2.58. The van der Waals surface area contributed by atoms with E-state index >= 15 is 0 Å². The van der Waals surface area contributed by atoms with Crippen molar-refractivity contribution in [2.24, 2.45) is 0 Å². The normalized spacial score (nSPS) is 13.9. The van der Waals surface area contributed by atoms with Gasteiger partial charge in [-0.15, -0.1) is 0 Å². The number of rotatable bonds is 3. The fourth-order valence-electron chi connectivity index (χ4n) is 2.27. The van der Waals surface area contributed by atoms with Crippen LogP contribution in [0.4, 0.5) is 0 Å². The van der Waals surface area contributed by atoms with Crippen LogP contribution < -0.4 is 10.1 Å². The highest BCUT2D eigenvalue weighted by Gasteiger charge is 2.16. The molecule has 0 spiro atoms. The molecule has 0 saturated heterocycles. The van der Waals surface area contributed by atoms with Crippen molar-refractivity contribution >= 4 is 0 Å². The van der Waals surface area contributed by atoms with Gasteiger partial charge in [-0.1, -0.05) is 19.1 Å². The smallest absolute Gasteiger partial charge is 0.227 e. The number of fused-ring (bicyclic) bond motifs is 1. The molecule has 2 aromatic rings. The van der Waals surface area contributed by atoms with E-state index in [2.05, 4.69) is 34.3 Å². The molecule has 98 valence electrons. The van der Waals surface area contributed by atoms with Crippen LogP contribution in [-0.2, 0) is 19.4 Å². The van der Waals surface area contributed by atoms with Gasteiger partial charge in [-0.05, 0) is 24.1 Å². The molecule has 0 saturated carbocycles. The standard InChI is InChI=1S/C15H17N3O/c1-2-11-4-3-5-12(8-11)19-15-13-9-16-7-6-14(13)17-10-18-15/h3-5,8,10,16H,2,6-7,9H2,1H3. The first-order valence-corrected chi connectivity index (χ1v) is 6.67. The second kappa shape index (κ2) is 5.36. The highest BCUT2D eigenvalue weighted by molar-refractivity contribution is 5.37. The van der Waals surface area contributed by atoms with Crippen molar-refractivity contribution < 1.29 is 4.74 Å². The molecule has 1 aromatic carbocycles. The van der Waals surface area contributed by atoms with Crippen molar-refractivity contribution in [1.82, 2.24) is 15.3 Å². The molecule has 0 unspecified atom stereocenters. The van der Waals surface area contributed by atoms with E-state index in [0.29, 0.717) is 5.88 Å². The Balaban J connectivity index is 1.90. The first-order chi connectivity index (χ1) is 9.36. The first-order valence-electron chi connectivity index (χ1n) is 6.67. The summed E-state index contributed by atoms with van der Waals surface area (Å²) in [6.45, 7) is 3.88. The minimum absolute atomic E-state index is 0.672. The molecule has 3 rings (SSSR count). The Morgan fingerprint density at radius 1 is 1.32 bits per heavy atom. The first kappa shape index (κ1) is 12.1. The lowest BCUT2D eigenvalue weighted by Crippen LogP contribution is -2.25. The Labute approximate surface area is 112 Å². The van der Waals surface area contributed by atoms with Gasteiger partial charge in [0.05, 0.1) is 11.3 Å². The van der Waals surface area contributed by atoms with Crippen molar-refractivity contribution in [3.8, 4) is 11.6 Å². The second-order valence-corrected chi connectivity index (χ2v) is 4.63. The lowest BCUT2D eigenvalue weighted by molar-refractivity contribution is 0.443. The van der Waals surface area contributed by atoms with Crippen molar-refractivity contribution in [1.29, 1.82) is 0 Å². The maximum Gasteiger partial charge on any atom is 0.227 e. The van der Waals surface area contributed by atoms with Gasteiger partial charge in [-0.25, -0.2) is 9.97 Å². The van der Waals surface area contributed by atoms with Crippen LogP contribution in [0.5, 0.6) is 11.6 Å². The average Bonchev–Trinajstić information content (AvgIpc) is 2.48. The number of hydrogen-bond acceptors (Lipinski definition) is 4. The molecule has 1 aromatic heterocycles. The van der Waals surface area contributed by atoms with Gasteiger partial charge >= 0.3 is 0 Å². The van der Waals surface area contributed by atoms with E-state index < -0.39 is 0 Å². The van der Waals surface area contributed by atoms with Crippen LogP contribution in [0.1, 0.15) is 23.7 Å². The molecule has 0 amide bonds. The van der Waals surface area contributed by atoms with E-state index in [4.69, 9.17) is 4.74 Å². The molecule has 1 aliphatic rings. The van der Waals surface area contributed by atoms with Gasteiger partial charge in [-0.2, -0.15) is 0 Å². The van der Waals surface area contributed by atoms with Crippen LogP contribution >= 0.6 is 0 Å². The Morgan fingerprint density at radius 2 is 2.26 bits per heavy atom. The summed E-state index contributed by atoms with van der Waals surface area (Å²) < 4.78 is 5.93. The second-order valence-electron chi connectivity index (χ2n) is 4.63. The number of nitrogens with one attached hydrogen (secondary N) is 1. The Hall–Kier alpha value is -1.94. The van der Waals surface area contributed by atoms with Gasteiger partial charge in [0.1, 0.15) is 12.1 Å². The summed E-state index contributed by atoms with van der Waals surface area (Å²) in [6.07, 6.45) is 3.52. The fourth-order valence-corrected chi connectivity index (χ4v) is 2.27. The van der Waals surface area contributed by atoms with Crippen LogP contribution in [0.25, 0.3) is 0 Å². The monoisotopic (exact) mass is 255 g/mol. The molecule has 0 bridgehead atoms. The number of hydrogen-bond donors (Lipinski definition) is 1. The molecule has 19 heavy (non-hydrogen) atoms. The van der Waals surface area contributed by atoms with Crippen LogP contribution in [-0.4, -0.2) is 16.5 Å². The summed E-state index contributed by atoms with van der Waals surface area (Å²) in [5, 5.41) is 3.33. The lowest BCUT2D eigenvalue weighted by Gasteiger charge is -2.18. The molecule has 4 heteroatoms. The molecule has 2 heterocycles. The fraction of sp³-hybridized carbons (Fsp3) is 0.333. The van der Waals surface area contributed by atoms with Crippen LogP contribution in [0.15, 0.2) is 30.6 Å². The average molecular weight is 255 g/mol. The minimum Gasteiger partial charge on any atom is -0.439 e. The van der Waals surface area contributed by atoms with E-state index in [1.807, 2.05) is 12.1 Å². The molecular formula is C15H17N3O. The number of nitrogens with zero attached hydrogens (tertiary/aromatic N) is 2. The zero-order chi connectivity index (χ0) is 13.1. The zero-order valence-corrected chi connectivity index (χ0v) is 11.0. The van der Waals surface area contributed by atoms with Crippen molar-refractivity contribution in [3.05, 3.63) is 47.4 Å². The molecule has 1 aliphatic heterocycles. The molecular weight excluding hydrogens is 238 g/mol. The molecule has 0 aliphatic carbocycles. The largest absolute Gasteiger partial charge is 0.439 e. The third-order valence-corrected chi connectivity index (χ3v) is 3.36. The number of aromatic nitrogens is 2. The predicted molar refractivity (Wildman–Crippen MR) is 73.3 cm³/mol. The minimum atomic E-state index is 0.672. The summed E-state index contributed by atoms with van der Waals surface area (Å²) >= 11 is 0. The summed E-state index contributed by atoms with van der Waals surface area (Å²) in [7, 11) is 0. The Kier molecular flexibility index (Phi) is 3.42. The van der Waals surface area contributed by atoms with Crippen LogP contribution in [0.2, 0.25) is 0 Å². The van der Waals surface area contributed by atoms with Crippen LogP contribution in [0, 0.1) is 0 Å². The maximum atomic E-state index is 5.93. The van der Waals surface area contributed by atoms with E-state index in [1.165, 1.54) is 5.56 Å². The van der Waals surface area contributed by atoms with Crippen molar-refractivity contribution in [3.63, 3.8) is 0 Å². The molecule has 4 nitrogen and oxygen atoms in total. The van der Waals surface area contributed by atoms with Gasteiger partial charge in [0.25, 0.3) is 0 Å².